The van der Waals surface area contributed by atoms with E-state index in [9.17, 15) is 9.59 Å². The molecule has 0 bridgehead atoms. The minimum Gasteiger partial charge on any atom is -0.461 e. The second-order valence-electron chi connectivity index (χ2n) is 7.34. The highest BCUT2D eigenvalue weighted by molar-refractivity contribution is 5.92. The fraction of sp³-hybridized carbons (Fsp3) is 0.364. The number of carbonyl (C=O) groups excluding carboxylic acids is 2. The molecule has 28 heavy (non-hydrogen) atoms. The number of anilines is 1. The van der Waals surface area contributed by atoms with Gasteiger partial charge in [-0.3, -0.25) is 9.69 Å². The number of para-hydroxylation sites is 1. The van der Waals surface area contributed by atoms with E-state index in [0.717, 1.165) is 31.6 Å². The predicted octanol–water partition coefficient (Wildman–Crippen LogP) is 2.52. The van der Waals surface area contributed by atoms with Crippen molar-refractivity contribution >= 4 is 17.6 Å². The average molecular weight is 381 g/mol. The summed E-state index contributed by atoms with van der Waals surface area (Å²) in [6.45, 7) is 2.62. The lowest BCUT2D eigenvalue weighted by Gasteiger charge is -2.40. The molecule has 3 N–H and O–H groups in total. The van der Waals surface area contributed by atoms with Gasteiger partial charge in [0.25, 0.3) is 0 Å². The molecule has 0 aromatic heterocycles. The number of benzene rings is 2. The van der Waals surface area contributed by atoms with Crippen LogP contribution in [0.1, 0.15) is 23.2 Å². The minimum absolute atomic E-state index is 0.0260. The van der Waals surface area contributed by atoms with Crippen LogP contribution in [0, 0.1) is 5.41 Å². The van der Waals surface area contributed by atoms with Crippen LogP contribution in [0.15, 0.2) is 60.7 Å². The molecular formula is C22H27N3O3. The molecule has 0 saturated carbocycles. The smallest absolute Gasteiger partial charge is 0.338 e. The van der Waals surface area contributed by atoms with E-state index < -0.39 is 0 Å². The number of nitrogens with two attached hydrogens (primary N) is 1. The van der Waals surface area contributed by atoms with E-state index in [0.29, 0.717) is 25.3 Å². The van der Waals surface area contributed by atoms with Crippen LogP contribution in [-0.4, -0.2) is 49.6 Å². The fourth-order valence-corrected chi connectivity index (χ4v) is 3.39. The van der Waals surface area contributed by atoms with Crippen molar-refractivity contribution in [2.24, 2.45) is 11.1 Å². The van der Waals surface area contributed by atoms with Gasteiger partial charge in [-0.2, -0.15) is 0 Å². The lowest BCUT2D eigenvalue weighted by molar-refractivity contribution is -0.118. The molecule has 0 radical (unpaired) electrons. The van der Waals surface area contributed by atoms with Crippen LogP contribution in [0.2, 0.25) is 0 Å². The molecule has 148 valence electrons. The number of hydrogen-bond acceptors (Lipinski definition) is 5. The molecule has 0 aliphatic carbocycles. The van der Waals surface area contributed by atoms with Crippen molar-refractivity contribution in [2.75, 3.05) is 38.1 Å². The molecule has 1 aliphatic rings. The molecule has 1 amide bonds. The van der Waals surface area contributed by atoms with Gasteiger partial charge in [0.15, 0.2) is 0 Å². The Morgan fingerprint density at radius 1 is 1.00 bits per heavy atom. The zero-order chi connectivity index (χ0) is 19.8. The van der Waals surface area contributed by atoms with Crippen LogP contribution in [0.25, 0.3) is 0 Å². The van der Waals surface area contributed by atoms with Gasteiger partial charge in [-0.05, 0) is 50.2 Å². The van der Waals surface area contributed by atoms with Crippen molar-refractivity contribution in [3.05, 3.63) is 66.2 Å². The third kappa shape index (κ3) is 5.41. The van der Waals surface area contributed by atoms with E-state index in [4.69, 9.17) is 10.5 Å². The van der Waals surface area contributed by atoms with E-state index in [1.807, 2.05) is 48.5 Å². The van der Waals surface area contributed by atoms with Gasteiger partial charge in [-0.1, -0.05) is 36.4 Å². The number of nitrogens with zero attached hydrogens (tertiary/aromatic N) is 1. The van der Waals surface area contributed by atoms with Crippen LogP contribution >= 0.6 is 0 Å². The van der Waals surface area contributed by atoms with Crippen LogP contribution in [0.4, 0.5) is 5.69 Å². The molecule has 0 atom stereocenters. The van der Waals surface area contributed by atoms with Crippen LogP contribution in [0.5, 0.6) is 0 Å². The Labute approximate surface area is 165 Å². The second-order valence-corrected chi connectivity index (χ2v) is 7.34. The van der Waals surface area contributed by atoms with Crippen molar-refractivity contribution < 1.29 is 14.3 Å². The monoisotopic (exact) mass is 381 g/mol. The van der Waals surface area contributed by atoms with Crippen LogP contribution < -0.4 is 11.1 Å². The second kappa shape index (κ2) is 9.48. The number of rotatable bonds is 7. The van der Waals surface area contributed by atoms with E-state index in [2.05, 4.69) is 10.2 Å². The molecule has 2 aromatic rings. The molecule has 1 heterocycles. The van der Waals surface area contributed by atoms with Gasteiger partial charge in [-0.15, -0.1) is 0 Å². The average Bonchev–Trinajstić information content (AvgIpc) is 2.74. The summed E-state index contributed by atoms with van der Waals surface area (Å²) in [6.07, 6.45) is 1.59. The number of carbonyl (C=O) groups is 2. The highest BCUT2D eigenvalue weighted by Gasteiger charge is 2.35. The molecule has 2 aromatic carbocycles. The van der Waals surface area contributed by atoms with Crippen molar-refractivity contribution in [3.8, 4) is 0 Å². The largest absolute Gasteiger partial charge is 0.461 e. The van der Waals surface area contributed by atoms with Crippen LogP contribution in [0.3, 0.4) is 0 Å². The zero-order valence-corrected chi connectivity index (χ0v) is 16.0. The standard InChI is InChI=1S/C22H27N3O3/c23-16-22(17-28-21(27)18-7-3-1-4-8-18)11-13-25(14-12-22)15-20(26)24-19-9-5-2-6-10-19/h1-10H,11-17,23H2,(H,24,26). The first kappa shape index (κ1) is 20.0. The van der Waals surface area contributed by atoms with Gasteiger partial charge in [0.05, 0.1) is 18.7 Å². The van der Waals surface area contributed by atoms with Gasteiger partial charge in [0, 0.05) is 17.6 Å². The first-order chi connectivity index (χ1) is 13.6. The number of ether oxygens (including phenoxy) is 1. The molecule has 1 saturated heterocycles. The number of likely N-dealkylation sites (tertiary alicyclic amines) is 1. The van der Waals surface area contributed by atoms with E-state index in [-0.39, 0.29) is 17.3 Å². The van der Waals surface area contributed by atoms with Gasteiger partial charge >= 0.3 is 5.97 Å². The summed E-state index contributed by atoms with van der Waals surface area (Å²) in [5.74, 6) is -0.347. The quantitative estimate of drug-likeness (QED) is 0.720. The molecule has 1 fully saturated rings. The number of piperidine rings is 1. The fourth-order valence-electron chi connectivity index (χ4n) is 3.39. The molecule has 0 unspecified atom stereocenters. The summed E-state index contributed by atoms with van der Waals surface area (Å²) < 4.78 is 5.54. The molecule has 1 aliphatic heterocycles. The Kier molecular flexibility index (Phi) is 6.79. The van der Waals surface area contributed by atoms with E-state index >= 15 is 0 Å². The normalized spacial score (nSPS) is 16.3. The number of esters is 1. The zero-order valence-electron chi connectivity index (χ0n) is 16.0. The molecule has 3 rings (SSSR count). The predicted molar refractivity (Wildman–Crippen MR) is 109 cm³/mol. The Morgan fingerprint density at radius 3 is 2.21 bits per heavy atom. The lowest BCUT2D eigenvalue weighted by Crippen LogP contribution is -2.48. The van der Waals surface area contributed by atoms with Gasteiger partial charge in [0.2, 0.25) is 5.91 Å². The Morgan fingerprint density at radius 2 is 1.61 bits per heavy atom. The molecule has 6 heteroatoms. The SMILES string of the molecule is NCC1(COC(=O)c2ccccc2)CCN(CC(=O)Nc2ccccc2)CC1. The third-order valence-electron chi connectivity index (χ3n) is 5.29. The van der Waals surface area contributed by atoms with Gasteiger partial charge in [-0.25, -0.2) is 4.79 Å². The first-order valence-electron chi connectivity index (χ1n) is 9.60. The summed E-state index contributed by atoms with van der Waals surface area (Å²) in [5.41, 5.74) is 7.14. The lowest BCUT2D eigenvalue weighted by atomic mass is 9.79. The Hall–Kier alpha value is -2.70. The first-order valence-corrected chi connectivity index (χ1v) is 9.60. The van der Waals surface area contributed by atoms with Gasteiger partial charge < -0.3 is 15.8 Å². The van der Waals surface area contributed by atoms with Gasteiger partial charge in [0.1, 0.15) is 0 Å². The number of hydrogen-bond donors (Lipinski definition) is 2. The maximum Gasteiger partial charge on any atom is 0.338 e. The highest BCUT2D eigenvalue weighted by Crippen LogP contribution is 2.31. The van der Waals surface area contributed by atoms with Crippen molar-refractivity contribution in [1.29, 1.82) is 0 Å². The maximum absolute atomic E-state index is 12.2. The number of amides is 1. The third-order valence-corrected chi connectivity index (χ3v) is 5.29. The van der Waals surface area contributed by atoms with Crippen LogP contribution in [-0.2, 0) is 9.53 Å². The van der Waals surface area contributed by atoms with E-state index in [1.54, 1.807) is 12.1 Å². The Bertz CT molecular complexity index is 772. The van der Waals surface area contributed by atoms with Crippen molar-refractivity contribution in [3.63, 3.8) is 0 Å². The summed E-state index contributed by atoms with van der Waals surface area (Å²) >= 11 is 0. The molecule has 0 spiro atoms. The topological polar surface area (TPSA) is 84.7 Å². The number of nitrogens with one attached hydrogen (secondary N) is 1. The molecule has 6 nitrogen and oxygen atoms in total. The Balaban J connectivity index is 1.46. The van der Waals surface area contributed by atoms with Crippen molar-refractivity contribution in [1.82, 2.24) is 4.90 Å². The van der Waals surface area contributed by atoms with E-state index in [1.165, 1.54) is 0 Å². The highest BCUT2D eigenvalue weighted by atomic mass is 16.5. The minimum atomic E-state index is -0.321. The summed E-state index contributed by atoms with van der Waals surface area (Å²) in [4.78, 5) is 26.6. The molecular weight excluding hydrogens is 354 g/mol. The summed E-state index contributed by atoms with van der Waals surface area (Å²) in [5, 5.41) is 2.91. The summed E-state index contributed by atoms with van der Waals surface area (Å²) in [6, 6.07) is 18.4. The summed E-state index contributed by atoms with van der Waals surface area (Å²) in [7, 11) is 0. The van der Waals surface area contributed by atoms with Crippen molar-refractivity contribution in [2.45, 2.75) is 12.8 Å². The maximum atomic E-state index is 12.2.